The molecule has 0 aromatic heterocycles. The van der Waals surface area contributed by atoms with Crippen LogP contribution in [0.2, 0.25) is 0 Å². The number of carbonyl (C=O) groups excluding carboxylic acids is 2. The van der Waals surface area contributed by atoms with Gasteiger partial charge in [0.15, 0.2) is 0 Å². The number of rotatable bonds is 2. The molecule has 90 valence electrons. The summed E-state index contributed by atoms with van der Waals surface area (Å²) in [6.07, 6.45) is -0.698. The third-order valence-corrected chi connectivity index (χ3v) is 3.48. The van der Waals surface area contributed by atoms with Gasteiger partial charge in [0.25, 0.3) is 11.7 Å². The molecule has 0 saturated heterocycles. The lowest BCUT2D eigenvalue weighted by atomic mass is 10.1. The van der Waals surface area contributed by atoms with Gasteiger partial charge in [-0.25, -0.2) is 0 Å². The molecule has 2 atom stereocenters. The summed E-state index contributed by atoms with van der Waals surface area (Å²) < 4.78 is 0.793. The van der Waals surface area contributed by atoms with E-state index in [1.54, 1.807) is 32.0 Å². The first-order chi connectivity index (χ1) is 7.93. The van der Waals surface area contributed by atoms with Gasteiger partial charge in [0.05, 0.1) is 23.4 Å². The van der Waals surface area contributed by atoms with Crippen LogP contribution in [0.1, 0.15) is 24.2 Å². The highest BCUT2D eigenvalue weighted by atomic mass is 79.9. The van der Waals surface area contributed by atoms with Gasteiger partial charge in [-0.3, -0.25) is 14.5 Å². The standard InChI is InChI=1S/C12H12BrNO3/c1-6(7(2)15)14-10-5-8(13)3-4-9(10)11(16)12(14)17/h3-7,15H,1-2H3. The second-order valence-corrected chi connectivity index (χ2v) is 5.06. The first-order valence-corrected chi connectivity index (χ1v) is 6.08. The van der Waals surface area contributed by atoms with Crippen LogP contribution in [-0.2, 0) is 4.79 Å². The number of fused-ring (bicyclic) bond motifs is 1. The molecule has 1 amide bonds. The van der Waals surface area contributed by atoms with Crippen molar-refractivity contribution in [2.45, 2.75) is 26.0 Å². The monoisotopic (exact) mass is 297 g/mol. The van der Waals surface area contributed by atoms with Crippen LogP contribution in [0.15, 0.2) is 22.7 Å². The number of nitrogens with zero attached hydrogens (tertiary/aromatic N) is 1. The largest absolute Gasteiger partial charge is 0.391 e. The van der Waals surface area contributed by atoms with Crippen LogP contribution in [0.3, 0.4) is 0 Å². The summed E-state index contributed by atoms with van der Waals surface area (Å²) in [7, 11) is 0. The topological polar surface area (TPSA) is 57.6 Å². The van der Waals surface area contributed by atoms with Crippen molar-refractivity contribution < 1.29 is 14.7 Å². The normalized spacial score (nSPS) is 18.2. The molecular weight excluding hydrogens is 286 g/mol. The van der Waals surface area contributed by atoms with Crippen molar-refractivity contribution in [1.29, 1.82) is 0 Å². The Hall–Kier alpha value is -1.20. The first-order valence-electron chi connectivity index (χ1n) is 5.29. The molecule has 1 aliphatic heterocycles. The van der Waals surface area contributed by atoms with Crippen LogP contribution in [0.5, 0.6) is 0 Å². The molecule has 17 heavy (non-hydrogen) atoms. The van der Waals surface area contributed by atoms with Crippen molar-refractivity contribution in [3.8, 4) is 0 Å². The van der Waals surface area contributed by atoms with E-state index in [1.807, 2.05) is 0 Å². The molecular formula is C12H12BrNO3. The number of aliphatic hydroxyl groups excluding tert-OH is 1. The average Bonchev–Trinajstić information content (AvgIpc) is 2.50. The summed E-state index contributed by atoms with van der Waals surface area (Å²) in [6.45, 7) is 3.31. The number of carbonyl (C=O) groups is 2. The lowest BCUT2D eigenvalue weighted by molar-refractivity contribution is -0.115. The number of amides is 1. The Morgan fingerprint density at radius 3 is 2.53 bits per heavy atom. The molecule has 2 rings (SSSR count). The number of benzene rings is 1. The van der Waals surface area contributed by atoms with E-state index in [1.165, 1.54) is 4.90 Å². The number of ketones is 1. The van der Waals surface area contributed by atoms with Gasteiger partial charge in [-0.1, -0.05) is 15.9 Å². The maximum atomic E-state index is 11.9. The SMILES string of the molecule is CC(O)C(C)N1C(=O)C(=O)c2ccc(Br)cc21. The van der Waals surface area contributed by atoms with Gasteiger partial charge in [-0.15, -0.1) is 0 Å². The Labute approximate surface area is 107 Å². The number of hydrogen-bond donors (Lipinski definition) is 1. The van der Waals surface area contributed by atoms with Crippen molar-refractivity contribution in [3.05, 3.63) is 28.2 Å². The maximum absolute atomic E-state index is 11.9. The van der Waals surface area contributed by atoms with E-state index in [9.17, 15) is 14.7 Å². The summed E-state index contributed by atoms with van der Waals surface area (Å²) >= 11 is 3.31. The van der Waals surface area contributed by atoms with Crippen molar-refractivity contribution in [1.82, 2.24) is 0 Å². The van der Waals surface area contributed by atoms with Crippen molar-refractivity contribution >= 4 is 33.3 Å². The Bertz CT molecular complexity index is 499. The van der Waals surface area contributed by atoms with Crippen LogP contribution < -0.4 is 4.90 Å². The Kier molecular flexibility index (Phi) is 3.05. The van der Waals surface area contributed by atoms with E-state index in [-0.39, 0.29) is 0 Å². The fourth-order valence-electron chi connectivity index (χ4n) is 1.85. The predicted octanol–water partition coefficient (Wildman–Crippen LogP) is 1.75. The minimum Gasteiger partial charge on any atom is -0.391 e. The zero-order valence-corrected chi connectivity index (χ0v) is 11.1. The van der Waals surface area contributed by atoms with E-state index in [0.29, 0.717) is 11.3 Å². The Morgan fingerprint density at radius 1 is 1.29 bits per heavy atom. The van der Waals surface area contributed by atoms with Gasteiger partial charge in [0.1, 0.15) is 0 Å². The Morgan fingerprint density at radius 2 is 1.94 bits per heavy atom. The van der Waals surface area contributed by atoms with Gasteiger partial charge in [-0.2, -0.15) is 0 Å². The first kappa shape index (κ1) is 12.3. The van der Waals surface area contributed by atoms with E-state index in [0.717, 1.165) is 4.47 Å². The molecule has 4 nitrogen and oxygen atoms in total. The number of halogens is 1. The molecule has 0 spiro atoms. The Balaban J connectivity index is 2.53. The molecule has 0 fully saturated rings. The average molecular weight is 298 g/mol. The molecule has 0 bridgehead atoms. The second kappa shape index (κ2) is 4.23. The van der Waals surface area contributed by atoms with Gasteiger partial charge in [-0.05, 0) is 32.0 Å². The molecule has 1 aromatic carbocycles. The van der Waals surface area contributed by atoms with E-state index >= 15 is 0 Å². The van der Waals surface area contributed by atoms with E-state index < -0.39 is 23.8 Å². The van der Waals surface area contributed by atoms with Crippen molar-refractivity contribution in [2.24, 2.45) is 0 Å². The maximum Gasteiger partial charge on any atom is 0.299 e. The highest BCUT2D eigenvalue weighted by molar-refractivity contribution is 9.10. The number of aliphatic hydroxyl groups is 1. The molecule has 0 aliphatic carbocycles. The van der Waals surface area contributed by atoms with Crippen LogP contribution in [0, 0.1) is 0 Å². The lowest BCUT2D eigenvalue weighted by Crippen LogP contribution is -2.43. The summed E-state index contributed by atoms with van der Waals surface area (Å²) in [5, 5.41) is 9.56. The lowest BCUT2D eigenvalue weighted by Gasteiger charge is -2.26. The molecule has 1 aromatic rings. The fourth-order valence-corrected chi connectivity index (χ4v) is 2.20. The van der Waals surface area contributed by atoms with Crippen LogP contribution in [0.4, 0.5) is 5.69 Å². The predicted molar refractivity (Wildman–Crippen MR) is 67.1 cm³/mol. The zero-order chi connectivity index (χ0) is 12.7. The number of anilines is 1. The van der Waals surface area contributed by atoms with Crippen LogP contribution >= 0.6 is 15.9 Å². The minimum absolute atomic E-state index is 0.394. The molecule has 0 radical (unpaired) electrons. The summed E-state index contributed by atoms with van der Waals surface area (Å²) in [5.74, 6) is -1.09. The molecule has 1 heterocycles. The van der Waals surface area contributed by atoms with Crippen LogP contribution in [0.25, 0.3) is 0 Å². The number of Topliss-reactive ketones (excluding diaryl/α,β-unsaturated/α-hetero) is 1. The molecule has 0 saturated carbocycles. The van der Waals surface area contributed by atoms with E-state index in [4.69, 9.17) is 0 Å². The molecule has 1 N–H and O–H groups in total. The smallest absolute Gasteiger partial charge is 0.299 e. The third-order valence-electron chi connectivity index (χ3n) is 2.98. The summed E-state index contributed by atoms with van der Waals surface area (Å²) in [4.78, 5) is 25.0. The van der Waals surface area contributed by atoms with Crippen LogP contribution in [-0.4, -0.2) is 28.9 Å². The molecule has 2 unspecified atom stereocenters. The minimum atomic E-state index is -0.698. The molecule has 5 heteroatoms. The molecule has 1 aliphatic rings. The highest BCUT2D eigenvalue weighted by Gasteiger charge is 2.39. The second-order valence-electron chi connectivity index (χ2n) is 4.15. The van der Waals surface area contributed by atoms with Crippen molar-refractivity contribution in [2.75, 3.05) is 4.90 Å². The summed E-state index contributed by atoms with van der Waals surface area (Å²) in [6, 6.07) is 4.63. The van der Waals surface area contributed by atoms with Gasteiger partial charge >= 0.3 is 0 Å². The van der Waals surface area contributed by atoms with Gasteiger partial charge in [0.2, 0.25) is 0 Å². The fraction of sp³-hybridized carbons (Fsp3) is 0.333. The number of hydrogen-bond acceptors (Lipinski definition) is 3. The highest BCUT2D eigenvalue weighted by Crippen LogP contribution is 2.33. The zero-order valence-electron chi connectivity index (χ0n) is 9.48. The third kappa shape index (κ3) is 1.89. The van der Waals surface area contributed by atoms with Gasteiger partial charge < -0.3 is 5.11 Å². The van der Waals surface area contributed by atoms with E-state index in [2.05, 4.69) is 15.9 Å². The summed E-state index contributed by atoms with van der Waals surface area (Å²) in [5.41, 5.74) is 0.952. The quantitative estimate of drug-likeness (QED) is 0.846. The van der Waals surface area contributed by atoms with Crippen molar-refractivity contribution in [3.63, 3.8) is 0 Å². The van der Waals surface area contributed by atoms with Gasteiger partial charge in [0, 0.05) is 4.47 Å².